The minimum Gasteiger partial charge on any atom is -0.331 e. The van der Waals surface area contributed by atoms with Gasteiger partial charge < -0.3 is 4.57 Å². The minimum absolute atomic E-state index is 0.427. The third kappa shape index (κ3) is 2.63. The van der Waals surface area contributed by atoms with Gasteiger partial charge in [0.1, 0.15) is 0 Å². The fourth-order valence-electron chi connectivity index (χ4n) is 1.97. The molecule has 2 heteroatoms. The molecule has 0 unspecified atom stereocenters. The van der Waals surface area contributed by atoms with Crippen molar-refractivity contribution in [3.63, 3.8) is 0 Å². The number of nitrogens with zero attached hydrogens (tertiary/aromatic N) is 2. The largest absolute Gasteiger partial charge is 0.331 e. The quantitative estimate of drug-likeness (QED) is 0.761. The molecule has 0 saturated carbocycles. The first-order valence-corrected chi connectivity index (χ1v) is 5.96. The van der Waals surface area contributed by atoms with Crippen molar-refractivity contribution in [3.8, 4) is 0 Å². The summed E-state index contributed by atoms with van der Waals surface area (Å²) in [4.78, 5) is 4.40. The van der Waals surface area contributed by atoms with Crippen molar-refractivity contribution in [2.45, 2.75) is 40.2 Å². The second kappa shape index (κ2) is 4.28. The maximum absolute atomic E-state index is 4.40. The van der Waals surface area contributed by atoms with Gasteiger partial charge in [0, 0.05) is 6.54 Å². The molecule has 0 aliphatic rings. The Bertz CT molecular complexity index is 463. The summed E-state index contributed by atoms with van der Waals surface area (Å²) in [6.07, 6.45) is 4.41. The molecule has 2 rings (SSSR count). The van der Waals surface area contributed by atoms with Gasteiger partial charge in [-0.25, -0.2) is 4.98 Å². The normalized spacial score (nSPS) is 12.2. The lowest BCUT2D eigenvalue weighted by Crippen LogP contribution is -2.07. The van der Waals surface area contributed by atoms with E-state index in [1.165, 1.54) is 18.4 Å². The fourth-order valence-corrected chi connectivity index (χ4v) is 1.97. The van der Waals surface area contributed by atoms with Crippen molar-refractivity contribution >= 4 is 11.0 Å². The van der Waals surface area contributed by atoms with Crippen molar-refractivity contribution < 1.29 is 0 Å². The molecular weight excluding hydrogens is 196 g/mol. The van der Waals surface area contributed by atoms with Crippen LogP contribution in [-0.2, 0) is 6.54 Å². The van der Waals surface area contributed by atoms with Crippen LogP contribution in [-0.4, -0.2) is 9.55 Å². The Balaban J connectivity index is 2.05. The molecule has 0 saturated heterocycles. The third-order valence-electron chi connectivity index (χ3n) is 2.85. The molecule has 16 heavy (non-hydrogen) atoms. The molecule has 0 radical (unpaired) electrons. The van der Waals surface area contributed by atoms with E-state index in [0.717, 1.165) is 12.1 Å². The SMILES string of the molecule is CC(C)(C)CCCn1cnc2ccccc21. The van der Waals surface area contributed by atoms with E-state index in [9.17, 15) is 0 Å². The Morgan fingerprint density at radius 1 is 1.19 bits per heavy atom. The van der Waals surface area contributed by atoms with Crippen LogP contribution in [0, 0.1) is 5.41 Å². The number of hydrogen-bond donors (Lipinski definition) is 0. The standard InChI is InChI=1S/C14H20N2/c1-14(2,3)9-6-10-16-11-15-12-7-4-5-8-13(12)16/h4-5,7-8,11H,6,9-10H2,1-3H3. The second-order valence-electron chi connectivity index (χ2n) is 5.59. The first kappa shape index (κ1) is 11.2. The summed E-state index contributed by atoms with van der Waals surface area (Å²) in [5, 5.41) is 0. The smallest absolute Gasteiger partial charge is 0.0958 e. The Morgan fingerprint density at radius 2 is 1.94 bits per heavy atom. The predicted octanol–water partition coefficient (Wildman–Crippen LogP) is 3.86. The molecular formula is C14H20N2. The van der Waals surface area contributed by atoms with Gasteiger partial charge in [-0.05, 0) is 30.4 Å². The maximum atomic E-state index is 4.40. The summed E-state index contributed by atoms with van der Waals surface area (Å²) in [5.74, 6) is 0. The minimum atomic E-state index is 0.427. The van der Waals surface area contributed by atoms with E-state index in [4.69, 9.17) is 0 Å². The monoisotopic (exact) mass is 216 g/mol. The highest BCUT2D eigenvalue weighted by molar-refractivity contribution is 5.74. The molecule has 2 nitrogen and oxygen atoms in total. The Labute approximate surface area is 97.3 Å². The summed E-state index contributed by atoms with van der Waals surface area (Å²) in [5.41, 5.74) is 2.77. The number of para-hydroxylation sites is 2. The van der Waals surface area contributed by atoms with Gasteiger partial charge in [0.05, 0.1) is 17.4 Å². The maximum Gasteiger partial charge on any atom is 0.0958 e. The van der Waals surface area contributed by atoms with Crippen LogP contribution < -0.4 is 0 Å². The average Bonchev–Trinajstić information content (AvgIpc) is 2.60. The van der Waals surface area contributed by atoms with Crippen LogP contribution in [0.25, 0.3) is 11.0 Å². The van der Waals surface area contributed by atoms with Gasteiger partial charge in [0.15, 0.2) is 0 Å². The van der Waals surface area contributed by atoms with Gasteiger partial charge in [-0.3, -0.25) is 0 Å². The van der Waals surface area contributed by atoms with Crippen LogP contribution in [0.3, 0.4) is 0 Å². The lowest BCUT2D eigenvalue weighted by molar-refractivity contribution is 0.354. The number of aryl methyl sites for hydroxylation is 1. The van der Waals surface area contributed by atoms with E-state index < -0.39 is 0 Å². The fraction of sp³-hybridized carbons (Fsp3) is 0.500. The van der Waals surface area contributed by atoms with E-state index in [2.05, 4.69) is 48.5 Å². The Hall–Kier alpha value is -1.31. The van der Waals surface area contributed by atoms with Gasteiger partial charge in [0.25, 0.3) is 0 Å². The molecule has 0 amide bonds. The molecule has 0 fully saturated rings. The van der Waals surface area contributed by atoms with Crippen LogP contribution in [0.1, 0.15) is 33.6 Å². The van der Waals surface area contributed by atoms with Crippen molar-refractivity contribution in [3.05, 3.63) is 30.6 Å². The zero-order chi connectivity index (χ0) is 11.6. The molecule has 0 aliphatic carbocycles. The molecule has 0 aliphatic heterocycles. The number of rotatable bonds is 3. The lowest BCUT2D eigenvalue weighted by atomic mass is 9.91. The van der Waals surface area contributed by atoms with Crippen LogP contribution in [0.2, 0.25) is 0 Å². The number of aromatic nitrogens is 2. The van der Waals surface area contributed by atoms with E-state index >= 15 is 0 Å². The summed E-state index contributed by atoms with van der Waals surface area (Å²) < 4.78 is 2.25. The predicted molar refractivity (Wildman–Crippen MR) is 68.4 cm³/mol. The van der Waals surface area contributed by atoms with Crippen molar-refractivity contribution in [2.24, 2.45) is 5.41 Å². The highest BCUT2D eigenvalue weighted by atomic mass is 15.0. The molecule has 86 valence electrons. The summed E-state index contributed by atoms with van der Waals surface area (Å²) >= 11 is 0. The van der Waals surface area contributed by atoms with Crippen LogP contribution in [0.5, 0.6) is 0 Å². The zero-order valence-electron chi connectivity index (χ0n) is 10.4. The summed E-state index contributed by atoms with van der Waals surface area (Å²) in [6.45, 7) is 7.94. The van der Waals surface area contributed by atoms with Crippen LogP contribution in [0.15, 0.2) is 30.6 Å². The van der Waals surface area contributed by atoms with Crippen LogP contribution >= 0.6 is 0 Å². The Kier molecular flexibility index (Phi) is 2.99. The van der Waals surface area contributed by atoms with E-state index in [-0.39, 0.29) is 0 Å². The van der Waals surface area contributed by atoms with Crippen molar-refractivity contribution in [1.29, 1.82) is 0 Å². The second-order valence-corrected chi connectivity index (χ2v) is 5.59. The van der Waals surface area contributed by atoms with Gasteiger partial charge in [-0.15, -0.1) is 0 Å². The third-order valence-corrected chi connectivity index (χ3v) is 2.85. The molecule has 0 atom stereocenters. The van der Waals surface area contributed by atoms with Gasteiger partial charge in [-0.2, -0.15) is 0 Å². The summed E-state index contributed by atoms with van der Waals surface area (Å²) in [7, 11) is 0. The first-order chi connectivity index (χ1) is 7.56. The molecule has 1 aromatic carbocycles. The van der Waals surface area contributed by atoms with E-state index in [0.29, 0.717) is 5.41 Å². The highest BCUT2D eigenvalue weighted by Crippen LogP contribution is 2.21. The molecule has 1 aromatic heterocycles. The molecule has 2 aromatic rings. The number of fused-ring (bicyclic) bond motifs is 1. The molecule has 0 bridgehead atoms. The number of benzene rings is 1. The topological polar surface area (TPSA) is 17.8 Å². The van der Waals surface area contributed by atoms with Crippen LogP contribution in [0.4, 0.5) is 0 Å². The first-order valence-electron chi connectivity index (χ1n) is 5.96. The number of hydrogen-bond acceptors (Lipinski definition) is 1. The van der Waals surface area contributed by atoms with Gasteiger partial charge >= 0.3 is 0 Å². The molecule has 1 heterocycles. The van der Waals surface area contributed by atoms with Gasteiger partial charge in [-0.1, -0.05) is 32.9 Å². The average molecular weight is 216 g/mol. The highest BCUT2D eigenvalue weighted by Gasteiger charge is 2.09. The Morgan fingerprint density at radius 3 is 2.69 bits per heavy atom. The van der Waals surface area contributed by atoms with Crippen molar-refractivity contribution in [1.82, 2.24) is 9.55 Å². The zero-order valence-corrected chi connectivity index (χ0v) is 10.4. The molecule has 0 spiro atoms. The lowest BCUT2D eigenvalue weighted by Gasteiger charge is -2.17. The van der Waals surface area contributed by atoms with Gasteiger partial charge in [0.2, 0.25) is 0 Å². The number of imidazole rings is 1. The van der Waals surface area contributed by atoms with E-state index in [1.807, 2.05) is 12.4 Å². The van der Waals surface area contributed by atoms with E-state index in [1.54, 1.807) is 0 Å². The summed E-state index contributed by atoms with van der Waals surface area (Å²) in [6, 6.07) is 8.31. The molecule has 0 N–H and O–H groups in total. The van der Waals surface area contributed by atoms with Crippen molar-refractivity contribution in [2.75, 3.05) is 0 Å².